The van der Waals surface area contributed by atoms with Gasteiger partial charge in [-0.25, -0.2) is 4.39 Å². The van der Waals surface area contributed by atoms with Crippen molar-refractivity contribution in [1.82, 2.24) is 14.8 Å². The predicted molar refractivity (Wildman–Crippen MR) is 128 cm³/mol. The summed E-state index contributed by atoms with van der Waals surface area (Å²) in [7, 11) is 0. The standard InChI is InChI=1S/C24H26FN5O2S/c1-15(2)13-29-23(17-8-4-5-9-18(17)25)27-28-24(29)33-14-22(32)30-16(3)12-21(31)26-19-10-6-7-11-20(19)30/h4-11,15-16H,12-14H2,1-3H3,(H,26,31). The number of hydrogen-bond donors (Lipinski definition) is 1. The van der Waals surface area contributed by atoms with E-state index in [-0.39, 0.29) is 41.8 Å². The summed E-state index contributed by atoms with van der Waals surface area (Å²) in [5.41, 5.74) is 1.68. The van der Waals surface area contributed by atoms with Crippen molar-refractivity contribution in [3.63, 3.8) is 0 Å². The van der Waals surface area contributed by atoms with Crippen LogP contribution in [0.3, 0.4) is 0 Å². The molecule has 3 aromatic rings. The first-order valence-electron chi connectivity index (χ1n) is 10.9. The Hall–Kier alpha value is -3.20. The Morgan fingerprint density at radius 2 is 1.91 bits per heavy atom. The number of nitrogens with zero attached hydrogens (tertiary/aromatic N) is 4. The number of amides is 2. The molecule has 0 saturated carbocycles. The first kappa shape index (κ1) is 23.0. The highest BCUT2D eigenvalue weighted by molar-refractivity contribution is 7.99. The number of aromatic nitrogens is 3. The third kappa shape index (κ3) is 4.93. The van der Waals surface area contributed by atoms with E-state index in [2.05, 4.69) is 29.4 Å². The quantitative estimate of drug-likeness (QED) is 0.536. The fourth-order valence-electron chi connectivity index (χ4n) is 3.93. The maximum absolute atomic E-state index is 14.4. The van der Waals surface area contributed by atoms with Gasteiger partial charge in [0.25, 0.3) is 0 Å². The number of para-hydroxylation sites is 2. The molecule has 1 aliphatic heterocycles. The molecule has 0 saturated heterocycles. The fourth-order valence-corrected chi connectivity index (χ4v) is 4.74. The van der Waals surface area contributed by atoms with E-state index in [0.717, 1.165) is 0 Å². The number of hydrogen-bond acceptors (Lipinski definition) is 5. The third-order valence-electron chi connectivity index (χ3n) is 5.33. The molecule has 1 aliphatic rings. The van der Waals surface area contributed by atoms with Crippen molar-refractivity contribution in [1.29, 1.82) is 0 Å². The molecule has 4 rings (SSSR count). The number of benzene rings is 2. The molecule has 1 atom stereocenters. The minimum Gasteiger partial charge on any atom is -0.324 e. The Balaban J connectivity index is 1.60. The monoisotopic (exact) mass is 467 g/mol. The molecule has 2 heterocycles. The van der Waals surface area contributed by atoms with Crippen LogP contribution in [0.25, 0.3) is 11.4 Å². The molecule has 2 amide bonds. The highest BCUT2D eigenvalue weighted by Crippen LogP contribution is 2.33. The van der Waals surface area contributed by atoms with Gasteiger partial charge in [0.1, 0.15) is 5.82 Å². The molecule has 172 valence electrons. The molecule has 1 N–H and O–H groups in total. The van der Waals surface area contributed by atoms with Gasteiger partial charge in [0.15, 0.2) is 11.0 Å². The predicted octanol–water partition coefficient (Wildman–Crippen LogP) is 4.60. The first-order valence-corrected chi connectivity index (χ1v) is 11.9. The summed E-state index contributed by atoms with van der Waals surface area (Å²) in [6.45, 7) is 6.57. The van der Waals surface area contributed by atoms with Crippen molar-refractivity contribution in [3.05, 3.63) is 54.3 Å². The molecular weight excluding hydrogens is 441 g/mol. The molecule has 0 aliphatic carbocycles. The van der Waals surface area contributed by atoms with E-state index < -0.39 is 0 Å². The summed E-state index contributed by atoms with van der Waals surface area (Å²) in [5, 5.41) is 11.9. The number of thioether (sulfide) groups is 1. The number of fused-ring (bicyclic) bond motifs is 1. The number of nitrogens with one attached hydrogen (secondary N) is 1. The molecule has 0 fully saturated rings. The summed E-state index contributed by atoms with van der Waals surface area (Å²) < 4.78 is 16.3. The lowest BCUT2D eigenvalue weighted by atomic mass is 10.2. The van der Waals surface area contributed by atoms with Gasteiger partial charge in [0.05, 0.1) is 22.7 Å². The number of anilines is 2. The van der Waals surface area contributed by atoms with Crippen molar-refractivity contribution in [2.24, 2.45) is 5.92 Å². The van der Waals surface area contributed by atoms with Crippen LogP contribution in [0.5, 0.6) is 0 Å². The minimum absolute atomic E-state index is 0.111. The van der Waals surface area contributed by atoms with Crippen molar-refractivity contribution in [2.45, 2.75) is 44.9 Å². The second-order valence-electron chi connectivity index (χ2n) is 8.46. The lowest BCUT2D eigenvalue weighted by molar-refractivity contribution is -0.117. The van der Waals surface area contributed by atoms with E-state index in [1.807, 2.05) is 29.7 Å². The molecule has 1 unspecified atom stereocenters. The zero-order chi connectivity index (χ0) is 23.5. The van der Waals surface area contributed by atoms with Crippen LogP contribution >= 0.6 is 11.8 Å². The summed E-state index contributed by atoms with van der Waals surface area (Å²) in [4.78, 5) is 27.2. The van der Waals surface area contributed by atoms with Crippen molar-refractivity contribution < 1.29 is 14.0 Å². The highest BCUT2D eigenvalue weighted by Gasteiger charge is 2.30. The fraction of sp³-hybridized carbons (Fsp3) is 0.333. The third-order valence-corrected chi connectivity index (χ3v) is 6.28. The van der Waals surface area contributed by atoms with E-state index in [1.165, 1.54) is 17.8 Å². The maximum atomic E-state index is 14.4. The van der Waals surface area contributed by atoms with E-state index >= 15 is 0 Å². The van der Waals surface area contributed by atoms with E-state index in [4.69, 9.17) is 0 Å². The van der Waals surface area contributed by atoms with Crippen LogP contribution in [0.4, 0.5) is 15.8 Å². The zero-order valence-electron chi connectivity index (χ0n) is 18.8. The topological polar surface area (TPSA) is 80.1 Å². The Morgan fingerprint density at radius 3 is 2.67 bits per heavy atom. The van der Waals surface area contributed by atoms with Crippen LogP contribution in [0.15, 0.2) is 53.7 Å². The molecule has 0 bridgehead atoms. The van der Waals surface area contributed by atoms with E-state index in [9.17, 15) is 14.0 Å². The number of carbonyl (C=O) groups is 2. The number of halogens is 1. The molecule has 1 aromatic heterocycles. The minimum atomic E-state index is -0.366. The molecule has 2 aromatic carbocycles. The second kappa shape index (κ2) is 9.74. The Labute approximate surface area is 196 Å². The van der Waals surface area contributed by atoms with Crippen LogP contribution in [-0.2, 0) is 16.1 Å². The Kier molecular flexibility index (Phi) is 6.78. The van der Waals surface area contributed by atoms with Gasteiger partial charge >= 0.3 is 0 Å². The second-order valence-corrected chi connectivity index (χ2v) is 9.40. The average molecular weight is 468 g/mol. The summed E-state index contributed by atoms with van der Waals surface area (Å²) in [5.74, 6) is 0.207. The van der Waals surface area contributed by atoms with Crippen molar-refractivity contribution in [2.75, 3.05) is 16.0 Å². The van der Waals surface area contributed by atoms with Crippen LogP contribution < -0.4 is 10.2 Å². The van der Waals surface area contributed by atoms with Gasteiger partial charge in [-0.05, 0) is 37.1 Å². The van der Waals surface area contributed by atoms with Crippen molar-refractivity contribution >= 4 is 35.0 Å². The van der Waals surface area contributed by atoms with Gasteiger partial charge in [0.2, 0.25) is 11.8 Å². The van der Waals surface area contributed by atoms with Gasteiger partial charge in [-0.3, -0.25) is 9.59 Å². The van der Waals surface area contributed by atoms with Crippen LogP contribution in [-0.4, -0.2) is 38.4 Å². The average Bonchev–Trinajstić information content (AvgIpc) is 3.09. The molecular formula is C24H26FN5O2S. The summed E-state index contributed by atoms with van der Waals surface area (Å²) >= 11 is 1.27. The van der Waals surface area contributed by atoms with E-state index in [1.54, 1.807) is 29.2 Å². The van der Waals surface area contributed by atoms with Gasteiger partial charge in [-0.1, -0.05) is 49.9 Å². The van der Waals surface area contributed by atoms with Crippen LogP contribution in [0.1, 0.15) is 27.2 Å². The molecule has 0 spiro atoms. The Bertz CT molecular complexity index is 1180. The molecule has 7 nitrogen and oxygen atoms in total. The zero-order valence-corrected chi connectivity index (χ0v) is 19.6. The molecule has 9 heteroatoms. The lowest BCUT2D eigenvalue weighted by Crippen LogP contribution is -2.40. The van der Waals surface area contributed by atoms with E-state index in [0.29, 0.717) is 34.5 Å². The Morgan fingerprint density at radius 1 is 1.18 bits per heavy atom. The molecule has 0 radical (unpaired) electrons. The number of carbonyl (C=O) groups excluding carboxylic acids is 2. The lowest BCUT2D eigenvalue weighted by Gasteiger charge is -2.27. The number of rotatable bonds is 6. The molecule has 33 heavy (non-hydrogen) atoms. The van der Waals surface area contributed by atoms with Gasteiger partial charge in [0, 0.05) is 19.0 Å². The van der Waals surface area contributed by atoms with Gasteiger partial charge < -0.3 is 14.8 Å². The SMILES string of the molecule is CC(C)Cn1c(SCC(=O)N2c3ccccc3NC(=O)CC2C)nnc1-c1ccccc1F. The highest BCUT2D eigenvalue weighted by atomic mass is 32.2. The van der Waals surface area contributed by atoms with Crippen molar-refractivity contribution in [3.8, 4) is 11.4 Å². The van der Waals surface area contributed by atoms with Crippen LogP contribution in [0, 0.1) is 11.7 Å². The normalized spacial score (nSPS) is 15.8. The smallest absolute Gasteiger partial charge is 0.237 e. The van der Waals surface area contributed by atoms with Crippen LogP contribution in [0.2, 0.25) is 0 Å². The van der Waals surface area contributed by atoms with Gasteiger partial charge in [-0.15, -0.1) is 10.2 Å². The first-order chi connectivity index (χ1) is 15.8. The summed E-state index contributed by atoms with van der Waals surface area (Å²) in [6, 6.07) is 13.5. The maximum Gasteiger partial charge on any atom is 0.237 e. The van der Waals surface area contributed by atoms with Gasteiger partial charge in [-0.2, -0.15) is 0 Å². The summed E-state index contributed by atoms with van der Waals surface area (Å²) in [6.07, 6.45) is 0.214. The largest absolute Gasteiger partial charge is 0.324 e.